The average molecular weight is 376 g/mol. The standard InChI is InChI=1S/C14H22BrN3O2S/c1-10-6-11(8-16-2)7-13(14(10)15)21(19,20)17-12-4-5-18(3)9-12/h6-7,12,16-17H,4-5,8-9H2,1-3H3. The summed E-state index contributed by atoms with van der Waals surface area (Å²) in [7, 11) is 0.335. The lowest BCUT2D eigenvalue weighted by molar-refractivity contribution is 0.407. The van der Waals surface area contributed by atoms with Gasteiger partial charge >= 0.3 is 0 Å². The van der Waals surface area contributed by atoms with Gasteiger partial charge in [-0.05, 0) is 67.1 Å². The van der Waals surface area contributed by atoms with Crippen molar-refractivity contribution in [3.05, 3.63) is 27.7 Å². The van der Waals surface area contributed by atoms with Gasteiger partial charge in [-0.2, -0.15) is 0 Å². The van der Waals surface area contributed by atoms with Crippen LogP contribution in [-0.2, 0) is 16.6 Å². The first-order chi connectivity index (χ1) is 9.83. The Bertz CT molecular complexity index is 619. The fourth-order valence-corrected chi connectivity index (χ4v) is 4.95. The zero-order chi connectivity index (χ0) is 15.6. The molecule has 1 aromatic rings. The summed E-state index contributed by atoms with van der Waals surface area (Å²) in [6.07, 6.45) is 0.850. The summed E-state index contributed by atoms with van der Waals surface area (Å²) in [5.41, 5.74) is 1.88. The van der Waals surface area contributed by atoms with Crippen LogP contribution in [0.25, 0.3) is 0 Å². The van der Waals surface area contributed by atoms with Crippen LogP contribution in [0.5, 0.6) is 0 Å². The molecule has 1 heterocycles. The van der Waals surface area contributed by atoms with Gasteiger partial charge in [-0.3, -0.25) is 0 Å². The minimum absolute atomic E-state index is 0.0137. The van der Waals surface area contributed by atoms with Gasteiger partial charge in [-0.25, -0.2) is 13.1 Å². The Morgan fingerprint density at radius 2 is 2.14 bits per heavy atom. The first-order valence-corrected chi connectivity index (χ1v) is 9.25. The monoisotopic (exact) mass is 375 g/mol. The van der Waals surface area contributed by atoms with Crippen LogP contribution >= 0.6 is 15.9 Å². The Hall–Kier alpha value is -0.470. The number of rotatable bonds is 5. The molecule has 0 aromatic heterocycles. The largest absolute Gasteiger partial charge is 0.316 e. The summed E-state index contributed by atoms with van der Waals surface area (Å²) >= 11 is 3.41. The molecule has 118 valence electrons. The van der Waals surface area contributed by atoms with E-state index in [1.165, 1.54) is 0 Å². The molecule has 2 N–H and O–H groups in total. The second-order valence-corrected chi connectivity index (χ2v) is 8.10. The number of nitrogens with one attached hydrogen (secondary N) is 2. The van der Waals surface area contributed by atoms with E-state index in [4.69, 9.17) is 0 Å². The van der Waals surface area contributed by atoms with Crippen LogP contribution in [0.3, 0.4) is 0 Å². The summed E-state index contributed by atoms with van der Waals surface area (Å²) in [6, 6.07) is 3.71. The highest BCUT2D eigenvalue weighted by Crippen LogP contribution is 2.28. The van der Waals surface area contributed by atoms with Crippen LogP contribution in [0.15, 0.2) is 21.5 Å². The van der Waals surface area contributed by atoms with E-state index < -0.39 is 10.0 Å². The number of benzene rings is 1. The van der Waals surface area contributed by atoms with E-state index in [1.807, 2.05) is 27.1 Å². The predicted molar refractivity (Wildman–Crippen MR) is 87.9 cm³/mol. The fraction of sp³-hybridized carbons (Fsp3) is 0.571. The van der Waals surface area contributed by atoms with Crippen molar-refractivity contribution in [1.29, 1.82) is 0 Å². The van der Waals surface area contributed by atoms with Crippen LogP contribution < -0.4 is 10.0 Å². The van der Waals surface area contributed by atoms with E-state index in [1.54, 1.807) is 6.07 Å². The van der Waals surface area contributed by atoms with Crippen LogP contribution in [0.2, 0.25) is 0 Å². The van der Waals surface area contributed by atoms with E-state index in [9.17, 15) is 8.42 Å². The quantitative estimate of drug-likeness (QED) is 0.817. The SMILES string of the molecule is CNCc1cc(C)c(Br)c(S(=O)(=O)NC2CCN(C)C2)c1. The van der Waals surface area contributed by atoms with Crippen molar-refractivity contribution >= 4 is 26.0 Å². The molecule has 7 heteroatoms. The molecule has 1 atom stereocenters. The molecule has 21 heavy (non-hydrogen) atoms. The van der Waals surface area contributed by atoms with Gasteiger partial charge < -0.3 is 10.2 Å². The van der Waals surface area contributed by atoms with Gasteiger partial charge in [0.1, 0.15) is 0 Å². The average Bonchev–Trinajstić information content (AvgIpc) is 2.78. The van der Waals surface area contributed by atoms with Crippen molar-refractivity contribution in [2.24, 2.45) is 0 Å². The summed E-state index contributed by atoms with van der Waals surface area (Å²) in [4.78, 5) is 2.45. The molecular formula is C14H22BrN3O2S. The number of likely N-dealkylation sites (tertiary alicyclic amines) is 1. The highest BCUT2D eigenvalue weighted by molar-refractivity contribution is 9.10. The first kappa shape index (κ1) is 16.9. The van der Waals surface area contributed by atoms with Crippen LogP contribution in [0.4, 0.5) is 0 Å². The second-order valence-electron chi connectivity index (χ2n) is 5.62. The Kier molecular flexibility index (Phi) is 5.43. The second kappa shape index (κ2) is 6.75. The van der Waals surface area contributed by atoms with E-state index >= 15 is 0 Å². The molecule has 1 saturated heterocycles. The molecule has 0 aliphatic carbocycles. The summed E-state index contributed by atoms with van der Waals surface area (Å²) in [5.74, 6) is 0. The lowest BCUT2D eigenvalue weighted by Crippen LogP contribution is -2.36. The van der Waals surface area contributed by atoms with Gasteiger partial charge in [0.2, 0.25) is 10.0 Å². The molecule has 2 rings (SSSR count). The van der Waals surface area contributed by atoms with Crippen LogP contribution in [-0.4, -0.2) is 46.5 Å². The molecular weight excluding hydrogens is 354 g/mol. The van der Waals surface area contributed by atoms with Gasteiger partial charge in [0, 0.05) is 23.6 Å². The number of hydrogen-bond donors (Lipinski definition) is 2. The van der Waals surface area contributed by atoms with Crippen molar-refractivity contribution in [3.63, 3.8) is 0 Å². The zero-order valence-corrected chi connectivity index (χ0v) is 15.0. The maximum Gasteiger partial charge on any atom is 0.242 e. The van der Waals surface area contributed by atoms with Crippen molar-refractivity contribution in [3.8, 4) is 0 Å². The maximum atomic E-state index is 12.6. The smallest absolute Gasteiger partial charge is 0.242 e. The molecule has 0 bridgehead atoms. The third kappa shape index (κ3) is 4.04. The van der Waals surface area contributed by atoms with E-state index in [0.717, 1.165) is 30.6 Å². The minimum atomic E-state index is -3.51. The third-order valence-electron chi connectivity index (χ3n) is 3.66. The highest BCUT2D eigenvalue weighted by atomic mass is 79.9. The number of halogens is 1. The number of sulfonamides is 1. The highest BCUT2D eigenvalue weighted by Gasteiger charge is 2.27. The van der Waals surface area contributed by atoms with Gasteiger partial charge in [0.25, 0.3) is 0 Å². The topological polar surface area (TPSA) is 61.4 Å². The molecule has 1 aliphatic rings. The summed E-state index contributed by atoms with van der Waals surface area (Å²) < 4.78 is 28.7. The zero-order valence-electron chi connectivity index (χ0n) is 12.6. The number of hydrogen-bond acceptors (Lipinski definition) is 4. The number of aryl methyl sites for hydroxylation is 1. The van der Waals surface area contributed by atoms with Gasteiger partial charge in [0.05, 0.1) is 4.90 Å². The Morgan fingerprint density at radius 3 is 2.71 bits per heavy atom. The van der Waals surface area contributed by atoms with E-state index in [-0.39, 0.29) is 6.04 Å². The van der Waals surface area contributed by atoms with Crippen molar-refractivity contribution < 1.29 is 8.42 Å². The fourth-order valence-electron chi connectivity index (χ4n) is 2.63. The molecule has 1 unspecified atom stereocenters. The molecule has 1 fully saturated rings. The maximum absolute atomic E-state index is 12.6. The number of nitrogens with zero attached hydrogens (tertiary/aromatic N) is 1. The van der Waals surface area contributed by atoms with Crippen LogP contribution in [0.1, 0.15) is 17.5 Å². The lowest BCUT2D eigenvalue weighted by Gasteiger charge is -2.16. The van der Waals surface area contributed by atoms with Gasteiger partial charge in [0.15, 0.2) is 0 Å². The minimum Gasteiger partial charge on any atom is -0.316 e. The van der Waals surface area contributed by atoms with Crippen molar-refractivity contribution in [1.82, 2.24) is 14.9 Å². The summed E-state index contributed by atoms with van der Waals surface area (Å²) in [6.45, 7) is 4.23. The molecule has 5 nitrogen and oxygen atoms in total. The van der Waals surface area contributed by atoms with Crippen molar-refractivity contribution in [2.75, 3.05) is 27.2 Å². The van der Waals surface area contributed by atoms with E-state index in [2.05, 4.69) is 30.9 Å². The van der Waals surface area contributed by atoms with Gasteiger partial charge in [-0.1, -0.05) is 6.07 Å². The first-order valence-electron chi connectivity index (χ1n) is 6.98. The number of likely N-dealkylation sites (N-methyl/N-ethyl adjacent to an activating group) is 1. The third-order valence-corrected chi connectivity index (χ3v) is 6.52. The van der Waals surface area contributed by atoms with E-state index in [0.29, 0.717) is 15.9 Å². The predicted octanol–water partition coefficient (Wildman–Crippen LogP) is 1.46. The Labute approximate surface area is 135 Å². The molecule has 0 radical (unpaired) electrons. The lowest BCUT2D eigenvalue weighted by atomic mass is 10.1. The molecule has 1 aromatic carbocycles. The normalized spacial score (nSPS) is 20.1. The molecule has 0 amide bonds. The summed E-state index contributed by atoms with van der Waals surface area (Å²) in [5, 5.41) is 3.05. The van der Waals surface area contributed by atoms with Crippen LogP contribution in [0, 0.1) is 6.92 Å². The Morgan fingerprint density at radius 1 is 1.43 bits per heavy atom. The van der Waals surface area contributed by atoms with Gasteiger partial charge in [-0.15, -0.1) is 0 Å². The van der Waals surface area contributed by atoms with Crippen molar-refractivity contribution in [2.45, 2.75) is 30.8 Å². The molecule has 0 saturated carbocycles. The molecule has 1 aliphatic heterocycles. The Balaban J connectivity index is 2.30. The molecule has 0 spiro atoms.